The number of carbonyl (C=O) groups is 1. The highest BCUT2D eigenvalue weighted by Gasteiger charge is 2.43. The number of hydrogen-bond acceptors (Lipinski definition) is 1. The smallest absolute Gasteiger partial charge is 0.294 e. The van der Waals surface area contributed by atoms with E-state index in [0.29, 0.717) is 25.0 Å². The summed E-state index contributed by atoms with van der Waals surface area (Å²) in [5, 5.41) is -0.188. The molecule has 1 unspecified atom stereocenters. The first-order valence-corrected chi connectivity index (χ1v) is 8.94. The first kappa shape index (κ1) is 20.7. The zero-order valence-corrected chi connectivity index (χ0v) is 15.1. The number of hydrogen-bond donors (Lipinski definition) is 0. The van der Waals surface area contributed by atoms with Gasteiger partial charge in [0.25, 0.3) is 0 Å². The molecule has 1 aliphatic rings. The zero-order chi connectivity index (χ0) is 20.7. The monoisotopic (exact) mass is 420 g/mol. The van der Waals surface area contributed by atoms with Gasteiger partial charge < -0.3 is 0 Å². The SMILES string of the molecule is O=C(C[C@@H](c1cccc(C(F)(F)F)c1)C(F)(F)F)c1ccc2c(c1)CCC2Cl. The van der Waals surface area contributed by atoms with Gasteiger partial charge in [-0.05, 0) is 41.7 Å². The van der Waals surface area contributed by atoms with Crippen LogP contribution in [-0.2, 0) is 12.6 Å². The summed E-state index contributed by atoms with van der Waals surface area (Å²) < 4.78 is 79.2. The molecule has 0 radical (unpaired) electrons. The van der Waals surface area contributed by atoms with Gasteiger partial charge in [-0.15, -0.1) is 11.6 Å². The third-order valence-electron chi connectivity index (χ3n) is 4.87. The summed E-state index contributed by atoms with van der Waals surface area (Å²) in [7, 11) is 0. The van der Waals surface area contributed by atoms with E-state index in [2.05, 4.69) is 0 Å². The molecule has 3 rings (SSSR count). The lowest BCUT2D eigenvalue weighted by Crippen LogP contribution is -2.24. The Labute approximate surface area is 162 Å². The van der Waals surface area contributed by atoms with Gasteiger partial charge in [-0.25, -0.2) is 0 Å². The summed E-state index contributed by atoms with van der Waals surface area (Å²) in [4.78, 5) is 12.5. The fraction of sp³-hybridized carbons (Fsp3) is 0.350. The van der Waals surface area contributed by atoms with Crippen molar-refractivity contribution in [3.63, 3.8) is 0 Å². The molecule has 2 aromatic carbocycles. The molecule has 2 atom stereocenters. The van der Waals surface area contributed by atoms with E-state index in [1.807, 2.05) is 0 Å². The number of carbonyl (C=O) groups excluding carboxylic acids is 1. The Kier molecular flexibility index (Phi) is 5.49. The van der Waals surface area contributed by atoms with Crippen molar-refractivity contribution < 1.29 is 31.1 Å². The molecule has 0 saturated heterocycles. The first-order chi connectivity index (χ1) is 13.0. The minimum Gasteiger partial charge on any atom is -0.294 e. The van der Waals surface area contributed by atoms with Crippen LogP contribution in [0.5, 0.6) is 0 Å². The van der Waals surface area contributed by atoms with Crippen molar-refractivity contribution in [1.82, 2.24) is 0 Å². The lowest BCUT2D eigenvalue weighted by molar-refractivity contribution is -0.150. The van der Waals surface area contributed by atoms with Crippen LogP contribution in [0, 0.1) is 0 Å². The van der Waals surface area contributed by atoms with Crippen LogP contribution in [0.15, 0.2) is 42.5 Å². The van der Waals surface area contributed by atoms with Crippen LogP contribution in [0.1, 0.15) is 56.7 Å². The number of fused-ring (bicyclic) bond motifs is 1. The van der Waals surface area contributed by atoms with Crippen LogP contribution < -0.4 is 0 Å². The molecule has 0 N–H and O–H groups in total. The van der Waals surface area contributed by atoms with Crippen LogP contribution >= 0.6 is 11.6 Å². The van der Waals surface area contributed by atoms with E-state index >= 15 is 0 Å². The minimum atomic E-state index is -4.86. The highest BCUT2D eigenvalue weighted by Crippen LogP contribution is 2.41. The van der Waals surface area contributed by atoms with Crippen LogP contribution in [0.25, 0.3) is 0 Å². The third kappa shape index (κ3) is 4.35. The summed E-state index contributed by atoms with van der Waals surface area (Å²) >= 11 is 6.12. The molecule has 0 saturated carbocycles. The Morgan fingerprint density at radius 3 is 2.43 bits per heavy atom. The topological polar surface area (TPSA) is 17.1 Å². The number of benzene rings is 2. The molecule has 28 heavy (non-hydrogen) atoms. The van der Waals surface area contributed by atoms with E-state index in [0.717, 1.165) is 23.3 Å². The Bertz CT molecular complexity index is 887. The second-order valence-electron chi connectivity index (χ2n) is 6.76. The number of alkyl halides is 7. The van der Waals surface area contributed by atoms with E-state index in [-0.39, 0.29) is 10.9 Å². The van der Waals surface area contributed by atoms with E-state index in [9.17, 15) is 31.1 Å². The molecule has 1 nitrogen and oxygen atoms in total. The highest BCUT2D eigenvalue weighted by molar-refractivity contribution is 6.21. The van der Waals surface area contributed by atoms with Crippen molar-refractivity contribution in [1.29, 1.82) is 0 Å². The molecule has 0 amide bonds. The fourth-order valence-electron chi connectivity index (χ4n) is 3.40. The van der Waals surface area contributed by atoms with E-state index in [1.54, 1.807) is 6.07 Å². The third-order valence-corrected chi connectivity index (χ3v) is 5.32. The number of rotatable bonds is 4. The molecule has 0 spiro atoms. The molecule has 0 aliphatic heterocycles. The summed E-state index contributed by atoms with van der Waals surface area (Å²) in [5.41, 5.74) is -0.00210. The normalized spacial score (nSPS) is 18.0. The molecule has 0 aromatic heterocycles. The summed E-state index contributed by atoms with van der Waals surface area (Å²) in [6.07, 6.45) is -9.29. The molecule has 150 valence electrons. The van der Waals surface area contributed by atoms with Gasteiger partial charge in [0, 0.05) is 12.0 Å². The number of halogens is 7. The number of ketones is 1. The quantitative estimate of drug-likeness (QED) is 0.300. The minimum absolute atomic E-state index is 0.103. The van der Waals surface area contributed by atoms with Crippen LogP contribution in [0.4, 0.5) is 26.3 Å². The number of Topliss-reactive ketones (excluding diaryl/α,β-unsaturated/α-hetero) is 1. The van der Waals surface area contributed by atoms with E-state index in [1.165, 1.54) is 12.1 Å². The molecular formula is C20H15ClF6O. The second-order valence-corrected chi connectivity index (χ2v) is 7.29. The van der Waals surface area contributed by atoms with Crippen LogP contribution in [0.3, 0.4) is 0 Å². The Morgan fingerprint density at radius 1 is 1.07 bits per heavy atom. The molecule has 1 aliphatic carbocycles. The van der Waals surface area contributed by atoms with Gasteiger partial charge in [0.05, 0.1) is 16.9 Å². The zero-order valence-electron chi connectivity index (χ0n) is 14.4. The second kappa shape index (κ2) is 7.43. The van der Waals surface area contributed by atoms with Gasteiger partial charge in [-0.3, -0.25) is 4.79 Å². The maximum Gasteiger partial charge on any atom is 0.416 e. The van der Waals surface area contributed by atoms with Gasteiger partial charge >= 0.3 is 12.4 Å². The van der Waals surface area contributed by atoms with E-state index in [4.69, 9.17) is 11.6 Å². The first-order valence-electron chi connectivity index (χ1n) is 8.51. The van der Waals surface area contributed by atoms with Crippen molar-refractivity contribution >= 4 is 17.4 Å². The van der Waals surface area contributed by atoms with Gasteiger partial charge in [-0.1, -0.05) is 30.3 Å². The standard InChI is InChI=1S/C20H15ClF6O/c21-17-7-5-11-8-13(4-6-15(11)17)18(28)10-16(20(25,26)27)12-2-1-3-14(9-12)19(22,23)24/h1-4,6,8-9,16-17H,5,7,10H2/t16-,17?/m0/s1. The van der Waals surface area contributed by atoms with Crippen LogP contribution in [-0.4, -0.2) is 12.0 Å². The summed E-state index contributed by atoms with van der Waals surface area (Å²) in [5.74, 6) is -3.10. The van der Waals surface area contributed by atoms with Gasteiger partial charge in [0.1, 0.15) is 0 Å². The molecular weight excluding hydrogens is 406 g/mol. The van der Waals surface area contributed by atoms with Crippen LogP contribution in [0.2, 0.25) is 0 Å². The predicted octanol–water partition coefficient (Wildman–Crippen LogP) is 6.85. The average molecular weight is 421 g/mol. The molecule has 0 fully saturated rings. The van der Waals surface area contributed by atoms with Crippen molar-refractivity contribution in [2.45, 2.75) is 42.9 Å². The average Bonchev–Trinajstić information content (AvgIpc) is 2.98. The van der Waals surface area contributed by atoms with Gasteiger partial charge in [0.2, 0.25) is 0 Å². The summed E-state index contributed by atoms with van der Waals surface area (Å²) in [6, 6.07) is 7.59. The van der Waals surface area contributed by atoms with Crippen molar-refractivity contribution in [3.05, 3.63) is 70.3 Å². The molecule has 0 bridgehead atoms. The number of aryl methyl sites for hydroxylation is 1. The van der Waals surface area contributed by atoms with Crippen molar-refractivity contribution in [2.24, 2.45) is 0 Å². The van der Waals surface area contributed by atoms with E-state index < -0.39 is 41.6 Å². The maximum absolute atomic E-state index is 13.5. The Morgan fingerprint density at radius 2 is 1.79 bits per heavy atom. The lowest BCUT2D eigenvalue weighted by Gasteiger charge is -2.21. The highest BCUT2D eigenvalue weighted by atomic mass is 35.5. The fourth-order valence-corrected chi connectivity index (χ4v) is 3.72. The molecule has 8 heteroatoms. The van der Waals surface area contributed by atoms with Crippen molar-refractivity contribution in [2.75, 3.05) is 0 Å². The summed E-state index contributed by atoms with van der Waals surface area (Å²) in [6.45, 7) is 0. The molecule has 2 aromatic rings. The maximum atomic E-state index is 13.5. The van der Waals surface area contributed by atoms with Gasteiger partial charge in [0.15, 0.2) is 5.78 Å². The molecule has 0 heterocycles. The Balaban J connectivity index is 1.89. The predicted molar refractivity (Wildman–Crippen MR) is 92.5 cm³/mol. The lowest BCUT2D eigenvalue weighted by atomic mass is 9.89. The van der Waals surface area contributed by atoms with Crippen molar-refractivity contribution in [3.8, 4) is 0 Å². The van der Waals surface area contributed by atoms with Gasteiger partial charge in [-0.2, -0.15) is 26.3 Å². The Hall–Kier alpha value is -2.02. The largest absolute Gasteiger partial charge is 0.416 e.